The molecule has 0 bridgehead atoms. The van der Waals surface area contributed by atoms with Crippen LogP contribution in [0, 0.1) is 0 Å². The zero-order valence-electron chi connectivity index (χ0n) is 13.3. The van der Waals surface area contributed by atoms with Crippen molar-refractivity contribution < 1.29 is 32.2 Å². The molecule has 1 aromatic carbocycles. The third-order valence-electron chi connectivity index (χ3n) is 3.89. The number of benzene rings is 1. The standard InChI is InChI=1S/C15H16ClNO7S/c1-8(14(18)17-10-2-3-25(20,21)6-10)24-15(19)9-4-11(16)13-12(5-9)22-7-23-13/h4-5,8,10H,2-3,6-7H2,1H3,(H,17,18)/t8-,10+/m0/s1. The number of carbonyl (C=O) groups excluding carboxylic acids is 2. The number of halogens is 1. The highest BCUT2D eigenvalue weighted by molar-refractivity contribution is 7.91. The van der Waals surface area contributed by atoms with Crippen molar-refractivity contribution in [1.82, 2.24) is 5.32 Å². The van der Waals surface area contributed by atoms with E-state index < -0.39 is 33.9 Å². The molecule has 25 heavy (non-hydrogen) atoms. The normalized spacial score (nSPS) is 21.6. The maximum absolute atomic E-state index is 12.2. The zero-order valence-corrected chi connectivity index (χ0v) is 14.9. The monoisotopic (exact) mass is 389 g/mol. The van der Waals surface area contributed by atoms with Gasteiger partial charge in [-0.25, -0.2) is 13.2 Å². The number of hydrogen-bond donors (Lipinski definition) is 1. The van der Waals surface area contributed by atoms with Crippen molar-refractivity contribution in [3.05, 3.63) is 22.7 Å². The van der Waals surface area contributed by atoms with Crippen LogP contribution in [0.5, 0.6) is 11.5 Å². The van der Waals surface area contributed by atoms with E-state index in [2.05, 4.69) is 5.32 Å². The van der Waals surface area contributed by atoms with E-state index in [9.17, 15) is 18.0 Å². The van der Waals surface area contributed by atoms with Gasteiger partial charge in [0.1, 0.15) is 0 Å². The first kappa shape index (κ1) is 17.8. The summed E-state index contributed by atoms with van der Waals surface area (Å²) in [6, 6.07) is 2.33. The van der Waals surface area contributed by atoms with Crippen LogP contribution in [-0.4, -0.2) is 50.7 Å². The number of fused-ring (bicyclic) bond motifs is 1. The second-order valence-corrected chi connectivity index (χ2v) is 8.48. The Morgan fingerprint density at radius 2 is 2.12 bits per heavy atom. The Kier molecular flexibility index (Phi) is 4.79. The van der Waals surface area contributed by atoms with Gasteiger partial charge in [-0.2, -0.15) is 0 Å². The molecular weight excluding hydrogens is 374 g/mol. The topological polar surface area (TPSA) is 108 Å². The number of esters is 1. The van der Waals surface area contributed by atoms with Crippen LogP contribution in [0.4, 0.5) is 0 Å². The highest BCUT2D eigenvalue weighted by Gasteiger charge is 2.31. The van der Waals surface area contributed by atoms with Gasteiger partial charge in [0, 0.05) is 6.04 Å². The summed E-state index contributed by atoms with van der Waals surface area (Å²) in [6.07, 6.45) is -0.730. The summed E-state index contributed by atoms with van der Waals surface area (Å²) < 4.78 is 38.3. The number of amides is 1. The Labute approximate surface area is 149 Å². The summed E-state index contributed by atoms with van der Waals surface area (Å²) >= 11 is 6.01. The van der Waals surface area contributed by atoms with Gasteiger partial charge in [0.15, 0.2) is 27.4 Å². The van der Waals surface area contributed by atoms with Crippen LogP contribution in [0.2, 0.25) is 5.02 Å². The molecule has 0 spiro atoms. The molecule has 0 saturated carbocycles. The van der Waals surface area contributed by atoms with Crippen LogP contribution < -0.4 is 14.8 Å². The first-order valence-corrected chi connectivity index (χ1v) is 9.76. The fourth-order valence-electron chi connectivity index (χ4n) is 2.59. The van der Waals surface area contributed by atoms with Gasteiger partial charge in [0.05, 0.1) is 22.1 Å². The third-order valence-corrected chi connectivity index (χ3v) is 5.94. The molecule has 1 aromatic rings. The van der Waals surface area contributed by atoms with Crippen molar-refractivity contribution in [2.45, 2.75) is 25.5 Å². The minimum atomic E-state index is -3.11. The predicted octanol–water partition coefficient (Wildman–Crippen LogP) is 0.917. The summed E-state index contributed by atoms with van der Waals surface area (Å²) in [5.74, 6) is -0.678. The summed E-state index contributed by atoms with van der Waals surface area (Å²) in [7, 11) is -3.11. The molecule has 3 rings (SSSR count). The lowest BCUT2D eigenvalue weighted by Gasteiger charge is -2.16. The fraction of sp³-hybridized carbons (Fsp3) is 0.467. The van der Waals surface area contributed by atoms with E-state index in [0.717, 1.165) is 0 Å². The Bertz CT molecular complexity index is 823. The Balaban J connectivity index is 1.61. The minimum Gasteiger partial charge on any atom is -0.454 e. The molecule has 136 valence electrons. The number of carbonyl (C=O) groups is 2. The van der Waals surface area contributed by atoms with Crippen LogP contribution in [0.3, 0.4) is 0 Å². The van der Waals surface area contributed by atoms with Gasteiger partial charge in [-0.1, -0.05) is 11.6 Å². The Morgan fingerprint density at radius 1 is 1.36 bits per heavy atom. The van der Waals surface area contributed by atoms with Crippen LogP contribution in [0.15, 0.2) is 12.1 Å². The molecule has 2 aliphatic rings. The molecule has 1 amide bonds. The first-order valence-electron chi connectivity index (χ1n) is 7.56. The van der Waals surface area contributed by atoms with Gasteiger partial charge >= 0.3 is 5.97 Å². The van der Waals surface area contributed by atoms with Gasteiger partial charge in [0.2, 0.25) is 6.79 Å². The lowest BCUT2D eigenvalue weighted by molar-refractivity contribution is -0.129. The quantitative estimate of drug-likeness (QED) is 0.762. The van der Waals surface area contributed by atoms with E-state index in [-0.39, 0.29) is 28.9 Å². The van der Waals surface area contributed by atoms with Crippen molar-refractivity contribution in [1.29, 1.82) is 0 Å². The maximum atomic E-state index is 12.2. The second-order valence-electron chi connectivity index (χ2n) is 5.85. The van der Waals surface area contributed by atoms with Crippen molar-refractivity contribution in [3.8, 4) is 11.5 Å². The van der Waals surface area contributed by atoms with E-state index in [1.807, 2.05) is 0 Å². The number of ether oxygens (including phenoxy) is 3. The summed E-state index contributed by atoms with van der Waals surface area (Å²) in [5.41, 5.74) is 0.123. The van der Waals surface area contributed by atoms with Crippen LogP contribution in [0.1, 0.15) is 23.7 Å². The van der Waals surface area contributed by atoms with Crippen molar-refractivity contribution >= 4 is 33.3 Å². The minimum absolute atomic E-state index is 0.0106. The average Bonchev–Trinajstić information content (AvgIpc) is 3.13. The summed E-state index contributed by atoms with van der Waals surface area (Å²) in [6.45, 7) is 1.42. The SMILES string of the molecule is C[C@H](OC(=O)c1cc(Cl)c2c(c1)OCO2)C(=O)N[C@@H]1CCS(=O)(=O)C1. The van der Waals surface area contributed by atoms with Crippen LogP contribution in [-0.2, 0) is 19.4 Å². The van der Waals surface area contributed by atoms with Gasteiger partial charge in [-0.05, 0) is 25.5 Å². The molecule has 10 heteroatoms. The van der Waals surface area contributed by atoms with E-state index >= 15 is 0 Å². The summed E-state index contributed by atoms with van der Waals surface area (Å²) in [4.78, 5) is 24.3. The molecule has 8 nitrogen and oxygen atoms in total. The summed E-state index contributed by atoms with van der Waals surface area (Å²) in [5, 5.41) is 2.78. The molecule has 2 aliphatic heterocycles. The zero-order chi connectivity index (χ0) is 18.2. The molecule has 0 radical (unpaired) electrons. The van der Waals surface area contributed by atoms with Crippen molar-refractivity contribution in [2.75, 3.05) is 18.3 Å². The average molecular weight is 390 g/mol. The first-order chi connectivity index (χ1) is 11.7. The molecule has 1 N–H and O–H groups in total. The maximum Gasteiger partial charge on any atom is 0.339 e. The molecule has 1 fully saturated rings. The number of sulfone groups is 1. The van der Waals surface area contributed by atoms with E-state index in [0.29, 0.717) is 17.9 Å². The molecule has 1 saturated heterocycles. The molecule has 2 heterocycles. The van der Waals surface area contributed by atoms with Gasteiger partial charge < -0.3 is 19.5 Å². The van der Waals surface area contributed by atoms with Crippen molar-refractivity contribution in [2.24, 2.45) is 0 Å². The fourth-order valence-corrected chi connectivity index (χ4v) is 4.53. The van der Waals surface area contributed by atoms with Crippen LogP contribution >= 0.6 is 11.6 Å². The molecule has 2 atom stereocenters. The number of nitrogens with one attached hydrogen (secondary N) is 1. The van der Waals surface area contributed by atoms with Gasteiger partial charge in [0.25, 0.3) is 5.91 Å². The molecule has 0 unspecified atom stereocenters. The molecule has 0 aromatic heterocycles. The number of hydrogen-bond acceptors (Lipinski definition) is 7. The highest BCUT2D eigenvalue weighted by atomic mass is 35.5. The van der Waals surface area contributed by atoms with Crippen molar-refractivity contribution in [3.63, 3.8) is 0 Å². The van der Waals surface area contributed by atoms with E-state index in [4.69, 9.17) is 25.8 Å². The highest BCUT2D eigenvalue weighted by Crippen LogP contribution is 2.39. The second kappa shape index (κ2) is 6.72. The molecular formula is C15H16ClNO7S. The largest absolute Gasteiger partial charge is 0.454 e. The predicted molar refractivity (Wildman–Crippen MR) is 87.7 cm³/mol. The number of rotatable bonds is 4. The lowest BCUT2D eigenvalue weighted by atomic mass is 10.2. The van der Waals surface area contributed by atoms with E-state index in [1.54, 1.807) is 0 Å². The van der Waals surface area contributed by atoms with Crippen LogP contribution in [0.25, 0.3) is 0 Å². The Morgan fingerprint density at radius 3 is 2.80 bits per heavy atom. The smallest absolute Gasteiger partial charge is 0.339 e. The van der Waals surface area contributed by atoms with Gasteiger partial charge in [-0.15, -0.1) is 0 Å². The molecule has 0 aliphatic carbocycles. The third kappa shape index (κ3) is 3.98. The van der Waals surface area contributed by atoms with E-state index in [1.165, 1.54) is 19.1 Å². The Hall–Kier alpha value is -2.00. The van der Waals surface area contributed by atoms with Gasteiger partial charge in [-0.3, -0.25) is 4.79 Å². The lowest BCUT2D eigenvalue weighted by Crippen LogP contribution is -2.42.